The lowest BCUT2D eigenvalue weighted by atomic mass is 9.97. The van der Waals surface area contributed by atoms with Crippen LogP contribution in [-0.2, 0) is 0 Å². The molecule has 0 radical (unpaired) electrons. The summed E-state index contributed by atoms with van der Waals surface area (Å²) in [4.78, 5) is 4.20. The van der Waals surface area contributed by atoms with Crippen molar-refractivity contribution in [1.82, 2.24) is 0 Å². The van der Waals surface area contributed by atoms with Crippen molar-refractivity contribution < 1.29 is 5.11 Å². The molecule has 0 aliphatic rings. The zero-order chi connectivity index (χ0) is 16.0. The van der Waals surface area contributed by atoms with Crippen LogP contribution in [0.1, 0.15) is 25.0 Å². The van der Waals surface area contributed by atoms with E-state index in [1.165, 1.54) is 0 Å². The molecule has 1 aromatic rings. The third kappa shape index (κ3) is 3.61. The molecule has 1 aromatic carbocycles. The number of hydrogen-bond acceptors (Lipinski definition) is 4. The van der Waals surface area contributed by atoms with E-state index in [-0.39, 0.29) is 11.4 Å². The van der Waals surface area contributed by atoms with Gasteiger partial charge in [0.05, 0.1) is 17.0 Å². The second-order valence-electron chi connectivity index (χ2n) is 4.52. The molecule has 0 atom stereocenters. The van der Waals surface area contributed by atoms with E-state index < -0.39 is 0 Å². The lowest BCUT2D eigenvalue weighted by Crippen LogP contribution is -1.95. The van der Waals surface area contributed by atoms with Crippen LogP contribution in [0, 0.1) is 18.3 Å². The number of benzene rings is 1. The number of nitrogen functional groups attached to an aromatic ring is 1. The van der Waals surface area contributed by atoms with Crippen molar-refractivity contribution in [3.63, 3.8) is 0 Å². The Labute approximate surface area is 125 Å². The summed E-state index contributed by atoms with van der Waals surface area (Å²) in [6, 6.07) is 5.61. The van der Waals surface area contributed by atoms with Crippen molar-refractivity contribution in [2.45, 2.75) is 20.8 Å². The lowest BCUT2D eigenvalue weighted by molar-refractivity contribution is 0.474. The normalized spacial score (nSPS) is 13.0. The maximum Gasteiger partial charge on any atom is 0.141 e. The summed E-state index contributed by atoms with van der Waals surface area (Å²) in [6.07, 6.45) is 4.89. The van der Waals surface area contributed by atoms with Gasteiger partial charge in [-0.05, 0) is 55.7 Å². The van der Waals surface area contributed by atoms with Gasteiger partial charge in [-0.1, -0.05) is 12.7 Å². The Bertz CT molecular complexity index is 665. The van der Waals surface area contributed by atoms with E-state index in [1.54, 1.807) is 44.3 Å². The van der Waals surface area contributed by atoms with Crippen LogP contribution < -0.4 is 5.73 Å². The number of phenolic OH excluding ortho intramolecular Hbond substituents is 1. The molecule has 0 aliphatic carbocycles. The summed E-state index contributed by atoms with van der Waals surface area (Å²) in [6.45, 7) is 9.01. The minimum atomic E-state index is 0.0680. The number of rotatable bonds is 4. The van der Waals surface area contributed by atoms with Crippen LogP contribution >= 0.6 is 0 Å². The molecule has 0 fully saturated rings. The molecule has 0 aliphatic heterocycles. The topological polar surface area (TPSA) is 82.4 Å². The Morgan fingerprint density at radius 1 is 1.48 bits per heavy atom. The fraction of sp³-hybridized carbons (Fsp3) is 0.176. The molecule has 0 unspecified atom stereocenters. The highest BCUT2D eigenvalue weighted by Crippen LogP contribution is 2.31. The maximum atomic E-state index is 9.73. The largest absolute Gasteiger partial charge is 0.506 e. The Balaban J connectivity index is 3.55. The fourth-order valence-corrected chi connectivity index (χ4v) is 1.94. The first kappa shape index (κ1) is 16.3. The number of anilines is 1. The summed E-state index contributed by atoms with van der Waals surface area (Å²) in [5, 5.41) is 19.2. The number of aromatic hydroxyl groups is 1. The number of nitrogens with two attached hydrogens (primary N) is 1. The van der Waals surface area contributed by atoms with E-state index in [1.807, 2.05) is 6.92 Å². The lowest BCUT2D eigenvalue weighted by Gasteiger charge is -2.10. The number of allylic oxidation sites excluding steroid dienone is 4. The molecule has 108 valence electrons. The van der Waals surface area contributed by atoms with Gasteiger partial charge in [0.25, 0.3) is 0 Å². The van der Waals surface area contributed by atoms with Crippen molar-refractivity contribution in [3.8, 4) is 11.8 Å². The Morgan fingerprint density at radius 3 is 2.62 bits per heavy atom. The van der Waals surface area contributed by atoms with Crippen molar-refractivity contribution >= 4 is 17.5 Å². The van der Waals surface area contributed by atoms with Gasteiger partial charge in [0, 0.05) is 6.21 Å². The standard InChI is InChI=1S/C17H19N3O/c1-5-7-16(20-6-2)14(10-18)12(4)13-8-11(3)17(21)15(19)9-13/h5-9,21H,1,19H2,2-4H3/b14-12+,16-7-,20-6?. The molecule has 0 saturated carbocycles. The van der Waals surface area contributed by atoms with Crippen LogP contribution in [0.3, 0.4) is 0 Å². The molecule has 1 rings (SSSR count). The summed E-state index contributed by atoms with van der Waals surface area (Å²) in [7, 11) is 0. The monoisotopic (exact) mass is 281 g/mol. The van der Waals surface area contributed by atoms with Gasteiger partial charge in [-0.2, -0.15) is 5.26 Å². The first-order valence-corrected chi connectivity index (χ1v) is 6.48. The third-order valence-corrected chi connectivity index (χ3v) is 3.05. The average Bonchev–Trinajstić information content (AvgIpc) is 2.45. The van der Waals surface area contributed by atoms with Gasteiger partial charge < -0.3 is 10.8 Å². The van der Waals surface area contributed by atoms with Crippen LogP contribution in [0.25, 0.3) is 5.57 Å². The number of phenols is 1. The summed E-state index contributed by atoms with van der Waals surface area (Å²) >= 11 is 0. The van der Waals surface area contributed by atoms with Crippen LogP contribution in [0.2, 0.25) is 0 Å². The number of aryl methyl sites for hydroxylation is 1. The highest BCUT2D eigenvalue weighted by Gasteiger charge is 2.12. The fourth-order valence-electron chi connectivity index (χ4n) is 1.94. The number of nitriles is 1. The van der Waals surface area contributed by atoms with E-state index in [0.717, 1.165) is 11.1 Å². The second-order valence-corrected chi connectivity index (χ2v) is 4.52. The van der Waals surface area contributed by atoms with Crippen LogP contribution in [-0.4, -0.2) is 11.3 Å². The van der Waals surface area contributed by atoms with Crippen molar-refractivity contribution in [2.24, 2.45) is 4.99 Å². The average molecular weight is 281 g/mol. The first-order chi connectivity index (χ1) is 9.96. The van der Waals surface area contributed by atoms with Gasteiger partial charge in [-0.25, -0.2) is 0 Å². The molecular formula is C17H19N3O. The molecule has 3 N–H and O–H groups in total. The predicted octanol–water partition coefficient (Wildman–Crippen LogP) is 3.74. The van der Waals surface area contributed by atoms with Crippen LogP contribution in [0.15, 0.2) is 47.1 Å². The van der Waals surface area contributed by atoms with E-state index in [4.69, 9.17) is 5.73 Å². The Kier molecular flexibility index (Phi) is 5.50. The van der Waals surface area contributed by atoms with Gasteiger partial charge in [0.15, 0.2) is 0 Å². The molecule has 0 amide bonds. The predicted molar refractivity (Wildman–Crippen MR) is 87.9 cm³/mol. The molecule has 0 spiro atoms. The summed E-state index contributed by atoms with van der Waals surface area (Å²) in [5.41, 5.74) is 9.23. The van der Waals surface area contributed by atoms with Gasteiger partial charge in [0.1, 0.15) is 11.8 Å². The molecule has 0 aromatic heterocycles. The molecule has 4 heteroatoms. The second kappa shape index (κ2) is 7.11. The minimum Gasteiger partial charge on any atom is -0.506 e. The molecular weight excluding hydrogens is 262 g/mol. The van der Waals surface area contributed by atoms with E-state index in [2.05, 4.69) is 17.6 Å². The van der Waals surface area contributed by atoms with Gasteiger partial charge in [-0.15, -0.1) is 0 Å². The summed E-state index contributed by atoms with van der Waals surface area (Å²) < 4.78 is 0. The van der Waals surface area contributed by atoms with Crippen molar-refractivity contribution in [2.75, 3.05) is 5.73 Å². The molecule has 0 bridgehead atoms. The first-order valence-electron chi connectivity index (χ1n) is 6.48. The van der Waals surface area contributed by atoms with Crippen molar-refractivity contribution in [3.05, 3.63) is 53.3 Å². The van der Waals surface area contributed by atoms with Gasteiger partial charge in [0.2, 0.25) is 0 Å². The molecule has 4 nitrogen and oxygen atoms in total. The number of nitrogens with zero attached hydrogens (tertiary/aromatic N) is 2. The zero-order valence-electron chi connectivity index (χ0n) is 12.5. The Hall–Kier alpha value is -2.80. The molecule has 0 heterocycles. The highest BCUT2D eigenvalue weighted by atomic mass is 16.3. The SMILES string of the molecule is C=C/C=C(N=CC)/C(C#N)=C(\C)c1cc(C)c(O)c(N)c1. The zero-order valence-corrected chi connectivity index (χ0v) is 12.5. The van der Waals surface area contributed by atoms with Gasteiger partial charge >= 0.3 is 0 Å². The molecule has 21 heavy (non-hydrogen) atoms. The smallest absolute Gasteiger partial charge is 0.141 e. The number of hydrogen-bond donors (Lipinski definition) is 2. The third-order valence-electron chi connectivity index (χ3n) is 3.05. The highest BCUT2D eigenvalue weighted by molar-refractivity contribution is 5.79. The van der Waals surface area contributed by atoms with Crippen LogP contribution in [0.4, 0.5) is 5.69 Å². The van der Waals surface area contributed by atoms with Gasteiger partial charge in [-0.3, -0.25) is 4.99 Å². The molecule has 0 saturated heterocycles. The van der Waals surface area contributed by atoms with E-state index in [9.17, 15) is 10.4 Å². The van der Waals surface area contributed by atoms with E-state index in [0.29, 0.717) is 16.8 Å². The summed E-state index contributed by atoms with van der Waals surface area (Å²) in [5.74, 6) is 0.0680. The van der Waals surface area contributed by atoms with E-state index >= 15 is 0 Å². The number of aliphatic imine (C=N–C) groups is 1. The quantitative estimate of drug-likeness (QED) is 0.290. The van der Waals surface area contributed by atoms with Crippen LogP contribution in [0.5, 0.6) is 5.75 Å². The van der Waals surface area contributed by atoms with Crippen molar-refractivity contribution in [1.29, 1.82) is 5.26 Å². The maximum absolute atomic E-state index is 9.73. The minimum absolute atomic E-state index is 0.0680. The Morgan fingerprint density at radius 2 is 2.14 bits per heavy atom.